The number of rotatable bonds is 10. The van der Waals surface area contributed by atoms with Gasteiger partial charge in [-0.25, -0.2) is 0 Å². The molecule has 0 aliphatic carbocycles. The standard InChI is InChI=1S/C6H14O6.C6H12O6/c2*7-1-3(9)5(11)6(12)4(10)2-8/h3-12H,1-2H2;3,5-9,11-12H,1-2H2/t3-,4-,5-,6-;3-,5+,6+/m11/s1. The molecule has 24 heavy (non-hydrogen) atoms. The van der Waals surface area contributed by atoms with E-state index >= 15 is 0 Å². The van der Waals surface area contributed by atoms with E-state index in [-0.39, 0.29) is 0 Å². The van der Waals surface area contributed by atoms with Crippen LogP contribution in [0.4, 0.5) is 0 Å². The third-order valence-electron chi connectivity index (χ3n) is 2.90. The maximum Gasteiger partial charge on any atom is 0.189 e. The Balaban J connectivity index is 0. The predicted octanol–water partition coefficient (Wildman–Crippen LogP) is -6.96. The van der Waals surface area contributed by atoms with Crippen LogP contribution >= 0.6 is 0 Å². The average Bonchev–Trinajstić information content (AvgIpc) is 2.62. The van der Waals surface area contributed by atoms with Gasteiger partial charge in [-0.15, -0.1) is 0 Å². The predicted molar refractivity (Wildman–Crippen MR) is 75.4 cm³/mol. The quantitative estimate of drug-likeness (QED) is 0.174. The summed E-state index contributed by atoms with van der Waals surface area (Å²) in [4.78, 5) is 10.5. The summed E-state index contributed by atoms with van der Waals surface area (Å²) in [6.07, 6.45) is -11.6. The summed E-state index contributed by atoms with van der Waals surface area (Å²) < 4.78 is 0. The van der Waals surface area contributed by atoms with Gasteiger partial charge in [0.05, 0.1) is 19.8 Å². The Labute approximate surface area is 137 Å². The highest BCUT2D eigenvalue weighted by atomic mass is 16.4. The number of hydrogen-bond acceptors (Lipinski definition) is 12. The minimum atomic E-state index is -1.86. The zero-order valence-electron chi connectivity index (χ0n) is 12.7. The lowest BCUT2D eigenvalue weighted by molar-refractivity contribution is -0.142. The molecule has 0 spiro atoms. The summed E-state index contributed by atoms with van der Waals surface area (Å²) in [6, 6.07) is 0. The van der Waals surface area contributed by atoms with Crippen molar-refractivity contribution in [2.45, 2.75) is 42.7 Å². The van der Waals surface area contributed by atoms with Crippen LogP contribution in [-0.4, -0.2) is 131 Å². The first-order chi connectivity index (χ1) is 11.1. The fourth-order valence-corrected chi connectivity index (χ4v) is 1.27. The molecule has 0 aliphatic rings. The largest absolute Gasteiger partial charge is 0.394 e. The van der Waals surface area contributed by atoms with Crippen LogP contribution in [0, 0.1) is 0 Å². The van der Waals surface area contributed by atoms with E-state index in [9.17, 15) is 4.79 Å². The third kappa shape index (κ3) is 8.91. The van der Waals surface area contributed by atoms with Crippen LogP contribution in [0.25, 0.3) is 0 Å². The molecule has 0 aromatic carbocycles. The fourth-order valence-electron chi connectivity index (χ4n) is 1.27. The molecule has 0 heterocycles. The molecule has 12 heteroatoms. The van der Waals surface area contributed by atoms with Crippen LogP contribution in [0.15, 0.2) is 0 Å². The van der Waals surface area contributed by atoms with Gasteiger partial charge >= 0.3 is 0 Å². The van der Waals surface area contributed by atoms with Gasteiger partial charge in [0.2, 0.25) is 0 Å². The van der Waals surface area contributed by atoms with Gasteiger partial charge in [-0.2, -0.15) is 0 Å². The lowest BCUT2D eigenvalue weighted by Gasteiger charge is -2.24. The normalized spacial score (nSPS) is 20.0. The molecule has 7 atom stereocenters. The van der Waals surface area contributed by atoms with Crippen molar-refractivity contribution in [3.8, 4) is 0 Å². The summed E-state index contributed by atoms with van der Waals surface area (Å²) in [5, 5.41) is 95.2. The van der Waals surface area contributed by atoms with E-state index in [4.69, 9.17) is 56.2 Å². The van der Waals surface area contributed by atoms with Crippen LogP contribution in [0.1, 0.15) is 0 Å². The van der Waals surface area contributed by atoms with E-state index < -0.39 is 74.9 Å². The SMILES string of the molecule is O=C(CO)[C@H](O)[C@@H](O)[C@H](O)CO.OC[C@@H](O)[C@@H](O)[C@H](O)[C@H](O)CO. The Morgan fingerprint density at radius 1 is 0.583 bits per heavy atom. The van der Waals surface area contributed by atoms with Gasteiger partial charge in [0, 0.05) is 0 Å². The van der Waals surface area contributed by atoms with Gasteiger partial charge in [-0.3, -0.25) is 4.79 Å². The van der Waals surface area contributed by atoms with E-state index in [1.807, 2.05) is 0 Å². The summed E-state index contributed by atoms with van der Waals surface area (Å²) in [5.74, 6) is -1.00. The number of aliphatic hydroxyl groups excluding tert-OH is 11. The molecule has 146 valence electrons. The molecular weight excluding hydrogens is 336 g/mol. The summed E-state index contributed by atoms with van der Waals surface area (Å²) >= 11 is 0. The molecule has 0 saturated carbocycles. The van der Waals surface area contributed by atoms with Gasteiger partial charge in [0.1, 0.15) is 49.3 Å². The van der Waals surface area contributed by atoms with Gasteiger partial charge in [-0.1, -0.05) is 0 Å². The van der Waals surface area contributed by atoms with Gasteiger partial charge < -0.3 is 56.2 Å². The second-order valence-corrected chi connectivity index (χ2v) is 4.79. The van der Waals surface area contributed by atoms with Crippen LogP contribution in [0.5, 0.6) is 0 Å². The van der Waals surface area contributed by atoms with Crippen LogP contribution in [-0.2, 0) is 4.79 Å². The molecule has 12 nitrogen and oxygen atoms in total. The van der Waals surface area contributed by atoms with Gasteiger partial charge in [-0.05, 0) is 0 Å². The van der Waals surface area contributed by atoms with Crippen molar-refractivity contribution in [3.63, 3.8) is 0 Å². The molecule has 11 N–H and O–H groups in total. The molecule has 0 saturated heterocycles. The minimum absolute atomic E-state index is 0.726. The number of ketones is 1. The second kappa shape index (κ2) is 13.5. The highest BCUT2D eigenvalue weighted by molar-refractivity contribution is 5.84. The first-order valence-corrected chi connectivity index (χ1v) is 6.81. The molecule has 0 rings (SSSR count). The molecule has 0 aromatic heterocycles. The number of carbonyl (C=O) groups is 1. The molecule has 0 aliphatic heterocycles. The second-order valence-electron chi connectivity index (χ2n) is 4.79. The molecule has 0 aromatic rings. The highest BCUT2D eigenvalue weighted by Crippen LogP contribution is 2.04. The molecule has 0 radical (unpaired) electrons. The van der Waals surface area contributed by atoms with Crippen molar-refractivity contribution < 1.29 is 61.0 Å². The van der Waals surface area contributed by atoms with Crippen molar-refractivity contribution >= 4 is 5.78 Å². The highest BCUT2D eigenvalue weighted by Gasteiger charge is 2.29. The van der Waals surface area contributed by atoms with Gasteiger partial charge in [0.15, 0.2) is 5.78 Å². The summed E-state index contributed by atoms with van der Waals surface area (Å²) in [7, 11) is 0. The average molecular weight is 362 g/mol. The van der Waals surface area contributed by atoms with Crippen molar-refractivity contribution in [3.05, 3.63) is 0 Å². The van der Waals surface area contributed by atoms with Crippen LogP contribution in [0.3, 0.4) is 0 Å². The third-order valence-corrected chi connectivity index (χ3v) is 2.90. The fraction of sp³-hybridized carbons (Fsp3) is 0.917. The maximum absolute atomic E-state index is 10.5. The molecule has 0 amide bonds. The minimum Gasteiger partial charge on any atom is -0.394 e. The van der Waals surface area contributed by atoms with Crippen molar-refractivity contribution in [1.29, 1.82) is 0 Å². The Morgan fingerprint density at radius 3 is 1.12 bits per heavy atom. The number of hydrogen-bond donors (Lipinski definition) is 11. The monoisotopic (exact) mass is 362 g/mol. The van der Waals surface area contributed by atoms with Crippen LogP contribution in [0.2, 0.25) is 0 Å². The number of carbonyl (C=O) groups excluding carboxylic acids is 1. The molecule has 0 fully saturated rings. The Kier molecular flexibility index (Phi) is 14.3. The summed E-state index contributed by atoms with van der Waals surface area (Å²) in [5.41, 5.74) is 0. The van der Waals surface area contributed by atoms with Crippen molar-refractivity contribution in [2.24, 2.45) is 0 Å². The summed E-state index contributed by atoms with van der Waals surface area (Å²) in [6.45, 7) is -3.14. The Morgan fingerprint density at radius 2 is 0.875 bits per heavy atom. The van der Waals surface area contributed by atoms with Crippen molar-refractivity contribution in [1.82, 2.24) is 0 Å². The van der Waals surface area contributed by atoms with E-state index in [0.29, 0.717) is 0 Å². The smallest absolute Gasteiger partial charge is 0.189 e. The van der Waals surface area contributed by atoms with Crippen LogP contribution < -0.4 is 0 Å². The zero-order valence-corrected chi connectivity index (χ0v) is 12.7. The Bertz CT molecular complexity index is 313. The zero-order chi connectivity index (χ0) is 19.4. The Hall–Kier alpha value is -0.770. The lowest BCUT2D eigenvalue weighted by Crippen LogP contribution is -2.46. The first kappa shape index (κ1) is 25.5. The lowest BCUT2D eigenvalue weighted by atomic mass is 10.0. The molecule has 0 unspecified atom stereocenters. The van der Waals surface area contributed by atoms with Crippen molar-refractivity contribution in [2.75, 3.05) is 26.4 Å². The maximum atomic E-state index is 10.5. The van der Waals surface area contributed by atoms with E-state index in [0.717, 1.165) is 0 Å². The van der Waals surface area contributed by atoms with E-state index in [2.05, 4.69) is 0 Å². The first-order valence-electron chi connectivity index (χ1n) is 6.81. The van der Waals surface area contributed by atoms with E-state index in [1.54, 1.807) is 0 Å². The number of Topliss-reactive ketones (excluding diaryl/α,β-unsaturated/α-hetero) is 1. The molecule has 0 bridgehead atoms. The topological polar surface area (TPSA) is 240 Å². The number of aliphatic hydroxyl groups is 11. The van der Waals surface area contributed by atoms with Gasteiger partial charge in [0.25, 0.3) is 0 Å². The van der Waals surface area contributed by atoms with E-state index in [1.165, 1.54) is 0 Å². The molecular formula is C12H26O12.